The zero-order chi connectivity index (χ0) is 31.5. The molecule has 1 aliphatic carbocycles. The van der Waals surface area contributed by atoms with Gasteiger partial charge in [-0.2, -0.15) is 0 Å². The monoisotopic (exact) mass is 614 g/mol. The molecule has 1 aromatic rings. The van der Waals surface area contributed by atoms with Crippen molar-refractivity contribution in [3.8, 4) is 11.5 Å². The van der Waals surface area contributed by atoms with Crippen molar-refractivity contribution in [2.24, 2.45) is 0 Å². The number of nitrogens with one attached hydrogen (secondary N) is 1. The Morgan fingerprint density at radius 2 is 1.86 bits per heavy atom. The molecule has 10 heteroatoms. The molecule has 1 fully saturated rings. The minimum atomic E-state index is -2.06. The van der Waals surface area contributed by atoms with Crippen LogP contribution in [0.5, 0.6) is 11.5 Å². The Morgan fingerprint density at radius 1 is 1.09 bits per heavy atom. The summed E-state index contributed by atoms with van der Waals surface area (Å²) in [7, 11) is 1.58. The van der Waals surface area contributed by atoms with E-state index in [1.807, 2.05) is 12.1 Å². The Hall–Kier alpha value is -2.82. The molecule has 244 valence electrons. The van der Waals surface area contributed by atoms with Crippen LogP contribution in [0.1, 0.15) is 102 Å². The van der Waals surface area contributed by atoms with E-state index in [-0.39, 0.29) is 19.1 Å². The molecule has 1 saturated heterocycles. The summed E-state index contributed by atoms with van der Waals surface area (Å²) in [6.45, 7) is 7.91. The van der Waals surface area contributed by atoms with Gasteiger partial charge < -0.3 is 34.5 Å². The van der Waals surface area contributed by atoms with Crippen LogP contribution in [0, 0.1) is 0 Å². The Morgan fingerprint density at radius 3 is 2.59 bits per heavy atom. The maximum Gasteiger partial charge on any atom is 0.339 e. The van der Waals surface area contributed by atoms with Gasteiger partial charge in [0.2, 0.25) is 12.7 Å². The van der Waals surface area contributed by atoms with E-state index in [2.05, 4.69) is 23.2 Å². The number of amides is 1. The van der Waals surface area contributed by atoms with E-state index in [0.717, 1.165) is 69.2 Å². The van der Waals surface area contributed by atoms with Crippen LogP contribution in [-0.2, 0) is 25.5 Å². The van der Waals surface area contributed by atoms with Gasteiger partial charge in [-0.1, -0.05) is 26.2 Å². The highest BCUT2D eigenvalue weighted by Gasteiger charge is 2.59. The Kier molecular flexibility index (Phi) is 9.82. The minimum Gasteiger partial charge on any atom is -0.497 e. The van der Waals surface area contributed by atoms with Crippen LogP contribution < -0.4 is 14.8 Å². The minimum absolute atomic E-state index is 0.0188. The number of hydrogen-bond acceptors (Lipinski definition) is 9. The molecule has 1 aromatic carbocycles. The fourth-order valence-corrected chi connectivity index (χ4v) is 7.50. The summed E-state index contributed by atoms with van der Waals surface area (Å²) in [5, 5.41) is 25.0. The summed E-state index contributed by atoms with van der Waals surface area (Å²) in [5.41, 5.74) is -1.31. The highest BCUT2D eigenvalue weighted by molar-refractivity contribution is 5.88. The molecule has 4 atom stereocenters. The number of nitrogens with zero attached hydrogens (tertiary/aromatic N) is 1. The number of ether oxygens (including phenoxy) is 4. The Balaban J connectivity index is 1.42. The van der Waals surface area contributed by atoms with Crippen molar-refractivity contribution >= 4 is 11.9 Å². The zero-order valence-corrected chi connectivity index (χ0v) is 26.8. The van der Waals surface area contributed by atoms with Gasteiger partial charge >= 0.3 is 5.97 Å². The fraction of sp³-hybridized carbons (Fsp3) is 0.706. The van der Waals surface area contributed by atoms with Crippen molar-refractivity contribution < 1.29 is 38.7 Å². The molecular formula is C34H50N2O8. The van der Waals surface area contributed by atoms with E-state index in [0.29, 0.717) is 36.6 Å². The van der Waals surface area contributed by atoms with Crippen LogP contribution in [0.2, 0.25) is 0 Å². The number of hydrogen-bond donors (Lipinski definition) is 3. The van der Waals surface area contributed by atoms with Crippen LogP contribution in [0.4, 0.5) is 0 Å². The second kappa shape index (κ2) is 13.3. The number of methoxy groups -OCH3 is 1. The molecule has 0 aromatic heterocycles. The summed E-state index contributed by atoms with van der Waals surface area (Å²) in [6.07, 6.45) is 8.29. The summed E-state index contributed by atoms with van der Waals surface area (Å²) in [6, 6.07) is 4.05. The van der Waals surface area contributed by atoms with Crippen LogP contribution in [-0.4, -0.2) is 83.4 Å². The lowest BCUT2D eigenvalue weighted by Gasteiger charge is -2.39. The zero-order valence-electron chi connectivity index (χ0n) is 26.8. The van der Waals surface area contributed by atoms with E-state index >= 15 is 0 Å². The van der Waals surface area contributed by atoms with E-state index < -0.39 is 41.1 Å². The maximum absolute atomic E-state index is 14.1. The number of unbranched alkanes of at least 4 members (excludes halogenated alkanes) is 3. The van der Waals surface area contributed by atoms with Gasteiger partial charge in [0, 0.05) is 13.1 Å². The van der Waals surface area contributed by atoms with Crippen molar-refractivity contribution in [2.75, 3.05) is 33.5 Å². The topological polar surface area (TPSA) is 127 Å². The van der Waals surface area contributed by atoms with Gasteiger partial charge in [0.25, 0.3) is 0 Å². The standard InChI is InChI=1S/C34H50N2O8/c1-5-6-7-8-15-35-28(37)21-34(40,14-9-12-32(2,3)39)31(38)44-30-27(41-4)20-33-13-10-16-36(33)17-11-23-18-25-26(43-22-42-25)19-24(23)29(30)33/h18-20,29-30,39-40H,5-17,21-22H2,1-4H3,(H,35,37)/t29-,30?,33-,34-/m1/s1. The van der Waals surface area contributed by atoms with Crippen LogP contribution in [0.15, 0.2) is 24.0 Å². The van der Waals surface area contributed by atoms with Gasteiger partial charge in [-0.3, -0.25) is 9.69 Å². The molecule has 1 amide bonds. The normalized spacial score (nSPS) is 25.3. The third-order valence-electron chi connectivity index (χ3n) is 9.76. The Labute approximate surface area is 261 Å². The number of benzene rings is 1. The third-order valence-corrected chi connectivity index (χ3v) is 9.76. The van der Waals surface area contributed by atoms with Crippen LogP contribution >= 0.6 is 0 Å². The summed E-state index contributed by atoms with van der Waals surface area (Å²) >= 11 is 0. The predicted molar refractivity (Wildman–Crippen MR) is 164 cm³/mol. The summed E-state index contributed by atoms with van der Waals surface area (Å²) in [4.78, 5) is 29.6. The van der Waals surface area contributed by atoms with Gasteiger partial charge in [0.05, 0.1) is 30.6 Å². The molecule has 3 heterocycles. The molecule has 1 spiro atoms. The first kappa shape index (κ1) is 32.6. The molecule has 44 heavy (non-hydrogen) atoms. The first-order chi connectivity index (χ1) is 21.0. The number of carbonyl (C=O) groups excluding carboxylic acids is 2. The van der Waals surface area contributed by atoms with Crippen LogP contribution in [0.3, 0.4) is 0 Å². The third kappa shape index (κ3) is 6.72. The lowest BCUT2D eigenvalue weighted by Crippen LogP contribution is -2.50. The van der Waals surface area contributed by atoms with E-state index in [1.54, 1.807) is 21.0 Å². The lowest BCUT2D eigenvalue weighted by atomic mass is 9.77. The van der Waals surface area contributed by atoms with Crippen molar-refractivity contribution in [1.82, 2.24) is 10.2 Å². The van der Waals surface area contributed by atoms with Gasteiger partial charge in [0.1, 0.15) is 5.76 Å². The summed E-state index contributed by atoms with van der Waals surface area (Å²) < 4.78 is 23.6. The number of fused-ring (bicyclic) bond motifs is 3. The number of rotatable bonds is 14. The van der Waals surface area contributed by atoms with Gasteiger partial charge in [-0.25, -0.2) is 4.79 Å². The van der Waals surface area contributed by atoms with Gasteiger partial charge in [-0.15, -0.1) is 0 Å². The van der Waals surface area contributed by atoms with E-state index in [1.165, 1.54) is 0 Å². The second-order valence-electron chi connectivity index (χ2n) is 13.6. The SMILES string of the molecule is CCCCCCNC(=O)C[C@](O)(CCCC(C)(C)O)C(=O)OC1C(OC)=C[C@@]23CCCN2CCc2cc4c(cc2[C@H]13)OCO4. The molecule has 10 nitrogen and oxygen atoms in total. The highest BCUT2D eigenvalue weighted by Crippen LogP contribution is 2.55. The van der Waals surface area contributed by atoms with Crippen molar-refractivity contribution in [2.45, 2.75) is 120 Å². The molecule has 0 saturated carbocycles. The number of carbonyl (C=O) groups is 2. The molecule has 0 bridgehead atoms. The number of esters is 1. The second-order valence-corrected chi connectivity index (χ2v) is 13.6. The smallest absolute Gasteiger partial charge is 0.339 e. The van der Waals surface area contributed by atoms with Gasteiger partial charge in [-0.05, 0) is 94.7 Å². The first-order valence-corrected chi connectivity index (χ1v) is 16.4. The fourth-order valence-electron chi connectivity index (χ4n) is 7.50. The molecule has 1 unspecified atom stereocenters. The average Bonchev–Trinajstić information content (AvgIpc) is 3.65. The molecule has 3 aliphatic heterocycles. The van der Waals surface area contributed by atoms with Crippen LogP contribution in [0.25, 0.3) is 0 Å². The van der Waals surface area contributed by atoms with Crippen molar-refractivity contribution in [1.29, 1.82) is 0 Å². The van der Waals surface area contributed by atoms with Crippen molar-refractivity contribution in [3.05, 3.63) is 35.1 Å². The van der Waals surface area contributed by atoms with Crippen molar-refractivity contribution in [3.63, 3.8) is 0 Å². The highest BCUT2D eigenvalue weighted by atomic mass is 16.7. The molecular weight excluding hydrogens is 564 g/mol. The summed E-state index contributed by atoms with van der Waals surface area (Å²) in [5.74, 6) is 0.386. The lowest BCUT2D eigenvalue weighted by molar-refractivity contribution is -0.176. The quantitative estimate of drug-likeness (QED) is 0.210. The Bertz CT molecular complexity index is 1240. The van der Waals surface area contributed by atoms with E-state index in [4.69, 9.17) is 18.9 Å². The first-order valence-electron chi connectivity index (χ1n) is 16.4. The maximum atomic E-state index is 14.1. The predicted octanol–water partition coefficient (Wildman–Crippen LogP) is 4.10. The molecule has 5 rings (SSSR count). The number of aliphatic hydroxyl groups is 2. The largest absolute Gasteiger partial charge is 0.497 e. The molecule has 4 aliphatic rings. The van der Waals surface area contributed by atoms with E-state index in [9.17, 15) is 19.8 Å². The average molecular weight is 615 g/mol. The van der Waals surface area contributed by atoms with Gasteiger partial charge in [0.15, 0.2) is 23.2 Å². The molecule has 3 N–H and O–H groups in total. The molecule has 0 radical (unpaired) electrons.